The van der Waals surface area contributed by atoms with Gasteiger partial charge in [-0.3, -0.25) is 9.48 Å². The van der Waals surface area contributed by atoms with Crippen molar-refractivity contribution in [1.29, 1.82) is 0 Å². The van der Waals surface area contributed by atoms with E-state index in [2.05, 4.69) is 5.10 Å². The molecule has 2 rings (SSSR count). The van der Waals surface area contributed by atoms with E-state index in [0.29, 0.717) is 9.21 Å². The Hall–Kier alpha value is -1.34. The van der Waals surface area contributed by atoms with Gasteiger partial charge in [-0.05, 0) is 25.1 Å². The van der Waals surface area contributed by atoms with Crippen molar-refractivity contribution < 1.29 is 18.0 Å². The first-order valence-electron chi connectivity index (χ1n) is 5.21. The van der Waals surface area contributed by atoms with Crippen LogP contribution in [-0.2, 0) is 6.18 Å². The van der Waals surface area contributed by atoms with Crippen LogP contribution >= 0.6 is 22.9 Å². The molecule has 19 heavy (non-hydrogen) atoms. The van der Waals surface area contributed by atoms with Gasteiger partial charge < -0.3 is 0 Å². The maximum Gasteiger partial charge on any atom is 0.435 e. The molecule has 0 aliphatic carbocycles. The van der Waals surface area contributed by atoms with Crippen LogP contribution < -0.4 is 0 Å². The number of carbonyl (C=O) groups is 1. The standard InChI is InChI=1S/C11H8ClF3N2OS/c1-6(10(18)7-2-3-9(12)19-7)17-5-4-8(16-17)11(13,14)15/h2-6H,1H3. The number of Topliss-reactive ketones (excluding diaryl/α,β-unsaturated/α-hetero) is 1. The van der Waals surface area contributed by atoms with Crippen LogP contribution in [-0.4, -0.2) is 15.6 Å². The molecule has 8 heteroatoms. The fourth-order valence-electron chi connectivity index (χ4n) is 1.48. The van der Waals surface area contributed by atoms with Crippen molar-refractivity contribution in [1.82, 2.24) is 9.78 Å². The number of carbonyl (C=O) groups excluding carboxylic acids is 1. The van der Waals surface area contributed by atoms with Crippen molar-refractivity contribution in [2.75, 3.05) is 0 Å². The Morgan fingerprint density at radius 1 is 1.42 bits per heavy atom. The Labute approximate surface area is 115 Å². The predicted molar refractivity (Wildman–Crippen MR) is 65.6 cm³/mol. The minimum Gasteiger partial charge on any atom is -0.291 e. The third-order valence-electron chi connectivity index (χ3n) is 2.49. The number of hydrogen-bond donors (Lipinski definition) is 0. The maximum atomic E-state index is 12.4. The van der Waals surface area contributed by atoms with E-state index in [9.17, 15) is 18.0 Å². The molecule has 0 fully saturated rings. The molecule has 2 heterocycles. The quantitative estimate of drug-likeness (QED) is 0.801. The zero-order chi connectivity index (χ0) is 14.2. The first kappa shape index (κ1) is 14.1. The summed E-state index contributed by atoms with van der Waals surface area (Å²) in [7, 11) is 0. The van der Waals surface area contributed by atoms with Gasteiger partial charge in [0.15, 0.2) is 11.5 Å². The van der Waals surface area contributed by atoms with E-state index >= 15 is 0 Å². The Balaban J connectivity index is 2.22. The van der Waals surface area contributed by atoms with Crippen LogP contribution in [0.4, 0.5) is 13.2 Å². The first-order chi connectivity index (χ1) is 8.79. The van der Waals surface area contributed by atoms with E-state index in [1.54, 1.807) is 12.1 Å². The molecule has 0 saturated carbocycles. The predicted octanol–water partition coefficient (Wildman–Crippen LogP) is 4.06. The number of thiophene rings is 1. The van der Waals surface area contributed by atoms with Gasteiger partial charge in [-0.25, -0.2) is 0 Å². The van der Waals surface area contributed by atoms with Gasteiger partial charge in [-0.15, -0.1) is 11.3 Å². The topological polar surface area (TPSA) is 34.9 Å². The summed E-state index contributed by atoms with van der Waals surface area (Å²) in [5, 5.41) is 3.38. The zero-order valence-electron chi connectivity index (χ0n) is 9.61. The maximum absolute atomic E-state index is 12.4. The van der Waals surface area contributed by atoms with Crippen LogP contribution in [0.25, 0.3) is 0 Å². The Morgan fingerprint density at radius 2 is 2.11 bits per heavy atom. The van der Waals surface area contributed by atoms with E-state index in [4.69, 9.17) is 11.6 Å². The van der Waals surface area contributed by atoms with Crippen LogP contribution in [0, 0.1) is 0 Å². The van der Waals surface area contributed by atoms with Crippen LogP contribution in [0.5, 0.6) is 0 Å². The first-order valence-corrected chi connectivity index (χ1v) is 6.40. The molecular weight excluding hydrogens is 301 g/mol. The molecule has 0 aliphatic rings. The third-order valence-corrected chi connectivity index (χ3v) is 3.74. The van der Waals surface area contributed by atoms with Crippen molar-refractivity contribution in [2.45, 2.75) is 19.1 Å². The highest BCUT2D eigenvalue weighted by Crippen LogP contribution is 2.29. The average Bonchev–Trinajstić information content (AvgIpc) is 2.94. The summed E-state index contributed by atoms with van der Waals surface area (Å²) in [5.74, 6) is -0.325. The molecular formula is C11H8ClF3N2OS. The molecule has 0 saturated heterocycles. The fourth-order valence-corrected chi connectivity index (χ4v) is 2.54. The number of halogens is 4. The molecule has 1 atom stereocenters. The SMILES string of the molecule is CC(C(=O)c1ccc(Cl)s1)n1ccc(C(F)(F)F)n1. The summed E-state index contributed by atoms with van der Waals surface area (Å²) in [6.45, 7) is 1.49. The minimum absolute atomic E-state index is 0.325. The van der Waals surface area contributed by atoms with Gasteiger partial charge in [0.05, 0.1) is 9.21 Å². The molecule has 2 aromatic rings. The van der Waals surface area contributed by atoms with E-state index in [-0.39, 0.29) is 5.78 Å². The number of hydrogen-bond acceptors (Lipinski definition) is 3. The van der Waals surface area contributed by atoms with Crippen molar-refractivity contribution in [3.63, 3.8) is 0 Å². The third kappa shape index (κ3) is 2.98. The van der Waals surface area contributed by atoms with Gasteiger partial charge in [0.25, 0.3) is 0 Å². The lowest BCUT2D eigenvalue weighted by Crippen LogP contribution is -2.17. The average molecular weight is 309 g/mol. The number of rotatable bonds is 3. The molecule has 0 N–H and O–H groups in total. The molecule has 2 aromatic heterocycles. The molecule has 0 radical (unpaired) electrons. The summed E-state index contributed by atoms with van der Waals surface area (Å²) in [6.07, 6.45) is -3.37. The highest BCUT2D eigenvalue weighted by Gasteiger charge is 2.34. The van der Waals surface area contributed by atoms with E-state index in [1.807, 2.05) is 0 Å². The van der Waals surface area contributed by atoms with Gasteiger partial charge in [-0.2, -0.15) is 18.3 Å². The lowest BCUT2D eigenvalue weighted by molar-refractivity contribution is -0.141. The molecule has 3 nitrogen and oxygen atoms in total. The molecule has 0 aromatic carbocycles. The van der Waals surface area contributed by atoms with Crippen LogP contribution in [0.3, 0.4) is 0 Å². The van der Waals surface area contributed by atoms with Crippen molar-refractivity contribution >= 4 is 28.7 Å². The zero-order valence-corrected chi connectivity index (χ0v) is 11.2. The lowest BCUT2D eigenvalue weighted by atomic mass is 10.2. The smallest absolute Gasteiger partial charge is 0.291 e. The second-order valence-electron chi connectivity index (χ2n) is 3.82. The summed E-state index contributed by atoms with van der Waals surface area (Å²) in [6, 6.07) is 3.13. The number of nitrogens with zero attached hydrogens (tertiary/aromatic N) is 2. The van der Waals surface area contributed by atoms with Crippen LogP contribution in [0.15, 0.2) is 24.4 Å². The number of aromatic nitrogens is 2. The highest BCUT2D eigenvalue weighted by atomic mass is 35.5. The summed E-state index contributed by atoms with van der Waals surface area (Å²) < 4.78 is 38.7. The largest absolute Gasteiger partial charge is 0.435 e. The van der Waals surface area contributed by atoms with Gasteiger partial charge in [0.1, 0.15) is 6.04 Å². The van der Waals surface area contributed by atoms with Crippen molar-refractivity contribution in [2.24, 2.45) is 0 Å². The van der Waals surface area contributed by atoms with Gasteiger partial charge >= 0.3 is 6.18 Å². The number of ketones is 1. The number of alkyl halides is 3. The Kier molecular flexibility index (Phi) is 3.69. The van der Waals surface area contributed by atoms with E-state index < -0.39 is 17.9 Å². The van der Waals surface area contributed by atoms with Crippen LogP contribution in [0.1, 0.15) is 28.3 Å². The molecule has 0 aliphatic heterocycles. The molecule has 0 amide bonds. The van der Waals surface area contributed by atoms with Crippen LogP contribution in [0.2, 0.25) is 4.34 Å². The second kappa shape index (κ2) is 4.97. The van der Waals surface area contributed by atoms with Gasteiger partial charge in [0, 0.05) is 6.20 Å². The summed E-state index contributed by atoms with van der Waals surface area (Å²) >= 11 is 6.80. The lowest BCUT2D eigenvalue weighted by Gasteiger charge is -2.10. The molecule has 102 valence electrons. The highest BCUT2D eigenvalue weighted by molar-refractivity contribution is 7.18. The van der Waals surface area contributed by atoms with Gasteiger partial charge in [-0.1, -0.05) is 11.6 Å². The molecule has 0 spiro atoms. The fraction of sp³-hybridized carbons (Fsp3) is 0.273. The molecule has 1 unspecified atom stereocenters. The Morgan fingerprint density at radius 3 is 2.58 bits per heavy atom. The second-order valence-corrected chi connectivity index (χ2v) is 5.54. The summed E-state index contributed by atoms with van der Waals surface area (Å²) in [4.78, 5) is 12.4. The van der Waals surface area contributed by atoms with E-state index in [1.165, 1.54) is 6.92 Å². The monoisotopic (exact) mass is 308 g/mol. The minimum atomic E-state index is -4.51. The van der Waals surface area contributed by atoms with Crippen molar-refractivity contribution in [3.05, 3.63) is 39.3 Å². The van der Waals surface area contributed by atoms with Crippen molar-refractivity contribution in [3.8, 4) is 0 Å². The Bertz CT molecular complexity index is 605. The normalized spacial score (nSPS) is 13.5. The summed E-state index contributed by atoms with van der Waals surface area (Å²) in [5.41, 5.74) is -1.02. The molecule has 0 bridgehead atoms. The van der Waals surface area contributed by atoms with Gasteiger partial charge in [0.2, 0.25) is 0 Å². The van der Waals surface area contributed by atoms with E-state index in [0.717, 1.165) is 28.3 Å².